The second-order valence-corrected chi connectivity index (χ2v) is 6.19. The number of amides is 1. The van der Waals surface area contributed by atoms with E-state index in [2.05, 4.69) is 0 Å². The van der Waals surface area contributed by atoms with Crippen molar-refractivity contribution in [2.75, 3.05) is 7.05 Å². The number of aryl methyl sites for hydroxylation is 1. The van der Waals surface area contributed by atoms with E-state index in [0.29, 0.717) is 4.31 Å². The molecule has 1 rings (SSSR count). The highest BCUT2D eigenvalue weighted by Crippen LogP contribution is 2.16. The van der Waals surface area contributed by atoms with Crippen LogP contribution in [0.4, 0.5) is 4.79 Å². The fraction of sp³-hybridized carbons (Fsp3) is 0.417. The lowest BCUT2D eigenvalue weighted by Crippen LogP contribution is -2.35. The smallest absolute Gasteiger partial charge is 0.423 e. The Morgan fingerprint density at radius 1 is 1.22 bits per heavy atom. The number of carbonyl (C=O) groups excluding carboxylic acids is 1. The Bertz CT molecular complexity index is 520. The topological polar surface area (TPSA) is 63.7 Å². The van der Waals surface area contributed by atoms with Crippen LogP contribution in [0.15, 0.2) is 29.2 Å². The van der Waals surface area contributed by atoms with Crippen LogP contribution in [0, 0.1) is 6.92 Å². The van der Waals surface area contributed by atoms with Gasteiger partial charge in [-0.1, -0.05) is 17.7 Å². The van der Waals surface area contributed by atoms with Gasteiger partial charge in [0.05, 0.1) is 11.0 Å². The summed E-state index contributed by atoms with van der Waals surface area (Å²) in [6, 6.07) is 6.27. The molecule has 0 aliphatic heterocycles. The number of hydrogen-bond donors (Lipinski definition) is 0. The van der Waals surface area contributed by atoms with Crippen LogP contribution in [0.2, 0.25) is 0 Å². The maximum absolute atomic E-state index is 12.1. The van der Waals surface area contributed by atoms with Gasteiger partial charge in [-0.3, -0.25) is 0 Å². The summed E-state index contributed by atoms with van der Waals surface area (Å²) in [5.74, 6) is 0. The third kappa shape index (κ3) is 3.22. The molecule has 1 aromatic carbocycles. The van der Waals surface area contributed by atoms with Crippen LogP contribution in [0.1, 0.15) is 19.4 Å². The lowest BCUT2D eigenvalue weighted by Gasteiger charge is -2.18. The van der Waals surface area contributed by atoms with E-state index in [0.717, 1.165) is 5.56 Å². The molecule has 1 aromatic rings. The Labute approximate surface area is 107 Å². The van der Waals surface area contributed by atoms with Gasteiger partial charge in [0, 0.05) is 7.05 Å². The van der Waals surface area contributed by atoms with Gasteiger partial charge >= 0.3 is 6.09 Å². The third-order valence-electron chi connectivity index (χ3n) is 2.27. The van der Waals surface area contributed by atoms with Crippen LogP contribution >= 0.6 is 0 Å². The minimum Gasteiger partial charge on any atom is -0.446 e. The first-order valence-electron chi connectivity index (χ1n) is 5.51. The largest absolute Gasteiger partial charge is 0.446 e. The van der Waals surface area contributed by atoms with E-state index in [4.69, 9.17) is 4.74 Å². The monoisotopic (exact) mass is 271 g/mol. The number of carbonyl (C=O) groups is 1. The van der Waals surface area contributed by atoms with E-state index >= 15 is 0 Å². The minimum atomic E-state index is -3.84. The Hall–Kier alpha value is -1.56. The molecule has 0 saturated carbocycles. The Balaban J connectivity index is 2.99. The van der Waals surface area contributed by atoms with E-state index in [1.165, 1.54) is 19.2 Å². The third-order valence-corrected chi connectivity index (χ3v) is 4.01. The first-order valence-corrected chi connectivity index (χ1v) is 6.95. The van der Waals surface area contributed by atoms with E-state index in [-0.39, 0.29) is 11.0 Å². The Morgan fingerprint density at radius 3 is 2.17 bits per heavy atom. The second kappa shape index (κ2) is 5.39. The van der Waals surface area contributed by atoms with Gasteiger partial charge in [-0.25, -0.2) is 17.5 Å². The standard InChI is InChI=1S/C12H17NO4S/c1-9(2)17-12(14)13(4)18(15,16)11-7-5-10(3)6-8-11/h5-9H,1-4H3. The molecule has 1 amide bonds. The molecule has 0 aromatic heterocycles. The molecular formula is C12H17NO4S. The molecule has 18 heavy (non-hydrogen) atoms. The van der Waals surface area contributed by atoms with Crippen molar-refractivity contribution in [3.63, 3.8) is 0 Å². The van der Waals surface area contributed by atoms with E-state index in [1.54, 1.807) is 26.0 Å². The maximum Gasteiger partial charge on any atom is 0.423 e. The molecular weight excluding hydrogens is 254 g/mol. The van der Waals surface area contributed by atoms with Crippen LogP contribution in [-0.4, -0.2) is 32.0 Å². The predicted molar refractivity (Wildman–Crippen MR) is 67.7 cm³/mol. The lowest BCUT2D eigenvalue weighted by atomic mass is 10.2. The van der Waals surface area contributed by atoms with Crippen LogP contribution in [0.5, 0.6) is 0 Å². The average molecular weight is 271 g/mol. The van der Waals surface area contributed by atoms with Crippen molar-refractivity contribution in [2.24, 2.45) is 0 Å². The molecule has 0 radical (unpaired) electrons. The van der Waals surface area contributed by atoms with Crippen molar-refractivity contribution < 1.29 is 17.9 Å². The maximum atomic E-state index is 12.1. The summed E-state index contributed by atoms with van der Waals surface area (Å²) in [4.78, 5) is 11.6. The molecule has 0 fully saturated rings. The average Bonchev–Trinajstić information content (AvgIpc) is 2.27. The van der Waals surface area contributed by atoms with Gasteiger partial charge in [0.1, 0.15) is 0 Å². The highest BCUT2D eigenvalue weighted by atomic mass is 32.2. The fourth-order valence-corrected chi connectivity index (χ4v) is 2.28. The Kier molecular flexibility index (Phi) is 4.34. The summed E-state index contributed by atoms with van der Waals surface area (Å²) in [7, 11) is -2.66. The zero-order valence-electron chi connectivity index (χ0n) is 10.9. The number of sulfonamides is 1. The van der Waals surface area contributed by atoms with Gasteiger partial charge in [0.15, 0.2) is 0 Å². The fourth-order valence-electron chi connectivity index (χ4n) is 1.24. The van der Waals surface area contributed by atoms with Crippen molar-refractivity contribution in [1.29, 1.82) is 0 Å². The van der Waals surface area contributed by atoms with Crippen molar-refractivity contribution in [3.05, 3.63) is 29.8 Å². The quantitative estimate of drug-likeness (QED) is 0.845. The first-order chi connectivity index (χ1) is 8.25. The Morgan fingerprint density at radius 2 is 1.72 bits per heavy atom. The number of ether oxygens (including phenoxy) is 1. The lowest BCUT2D eigenvalue weighted by molar-refractivity contribution is 0.101. The van der Waals surface area contributed by atoms with Crippen LogP contribution in [-0.2, 0) is 14.8 Å². The normalized spacial score (nSPS) is 11.4. The van der Waals surface area contributed by atoms with Crippen LogP contribution in [0.3, 0.4) is 0 Å². The molecule has 0 N–H and O–H groups in total. The van der Waals surface area contributed by atoms with Gasteiger partial charge in [-0.15, -0.1) is 0 Å². The van der Waals surface area contributed by atoms with Crippen LogP contribution in [0.25, 0.3) is 0 Å². The summed E-state index contributed by atoms with van der Waals surface area (Å²) in [6.45, 7) is 5.17. The predicted octanol–water partition coefficient (Wildman–Crippen LogP) is 2.16. The summed E-state index contributed by atoms with van der Waals surface area (Å²) in [5.41, 5.74) is 0.946. The molecule has 100 valence electrons. The van der Waals surface area contributed by atoms with E-state index in [1.807, 2.05) is 6.92 Å². The molecule has 0 spiro atoms. The SMILES string of the molecule is Cc1ccc(S(=O)(=O)N(C)C(=O)OC(C)C)cc1. The molecule has 0 unspecified atom stereocenters. The van der Waals surface area contributed by atoms with Gasteiger partial charge in [-0.05, 0) is 32.9 Å². The van der Waals surface area contributed by atoms with Crippen molar-refractivity contribution in [3.8, 4) is 0 Å². The van der Waals surface area contributed by atoms with Crippen molar-refractivity contribution in [1.82, 2.24) is 4.31 Å². The van der Waals surface area contributed by atoms with Crippen molar-refractivity contribution in [2.45, 2.75) is 31.8 Å². The minimum absolute atomic E-state index is 0.0660. The summed E-state index contributed by atoms with van der Waals surface area (Å²) in [5, 5.41) is 0. The number of nitrogens with zero attached hydrogens (tertiary/aromatic N) is 1. The second-order valence-electron chi connectivity index (χ2n) is 4.22. The molecule has 0 heterocycles. The number of rotatable bonds is 3. The highest BCUT2D eigenvalue weighted by molar-refractivity contribution is 7.89. The first kappa shape index (κ1) is 14.5. The van der Waals surface area contributed by atoms with Gasteiger partial charge in [0.2, 0.25) is 0 Å². The van der Waals surface area contributed by atoms with E-state index < -0.39 is 16.1 Å². The molecule has 5 nitrogen and oxygen atoms in total. The molecule has 0 aliphatic rings. The van der Waals surface area contributed by atoms with Crippen LogP contribution < -0.4 is 0 Å². The number of hydrogen-bond acceptors (Lipinski definition) is 4. The zero-order valence-corrected chi connectivity index (χ0v) is 11.7. The molecule has 0 aliphatic carbocycles. The highest BCUT2D eigenvalue weighted by Gasteiger charge is 2.27. The van der Waals surface area contributed by atoms with Gasteiger partial charge in [0.25, 0.3) is 10.0 Å². The molecule has 6 heteroatoms. The van der Waals surface area contributed by atoms with Crippen molar-refractivity contribution >= 4 is 16.1 Å². The molecule has 0 bridgehead atoms. The molecule has 0 atom stereocenters. The van der Waals surface area contributed by atoms with E-state index in [9.17, 15) is 13.2 Å². The summed E-state index contributed by atoms with van der Waals surface area (Å²) >= 11 is 0. The zero-order chi connectivity index (χ0) is 13.9. The molecule has 0 saturated heterocycles. The summed E-state index contributed by atoms with van der Waals surface area (Å²) < 4.78 is 29.6. The van der Waals surface area contributed by atoms with Gasteiger partial charge in [-0.2, -0.15) is 0 Å². The van der Waals surface area contributed by atoms with Gasteiger partial charge < -0.3 is 4.74 Å². The summed E-state index contributed by atoms with van der Waals surface area (Å²) in [6.07, 6.45) is -1.25. The number of benzene rings is 1.